The Morgan fingerprint density at radius 3 is 2.71 bits per heavy atom. The molecule has 0 aliphatic rings. The third-order valence-corrected chi connectivity index (χ3v) is 3.46. The number of nitrogens with zero attached hydrogens (tertiary/aromatic N) is 1. The highest BCUT2D eigenvalue weighted by Crippen LogP contribution is 2.24. The lowest BCUT2D eigenvalue weighted by molar-refractivity contribution is 0.0900. The van der Waals surface area contributed by atoms with Gasteiger partial charge in [-0.05, 0) is 18.2 Å². The monoisotopic (exact) mass is 332 g/mol. The predicted molar refractivity (Wildman–Crippen MR) is 88.6 cm³/mol. The molecule has 0 radical (unpaired) electrons. The minimum atomic E-state index is -0.890. The van der Waals surface area contributed by atoms with Crippen molar-refractivity contribution >= 4 is 5.91 Å². The molecule has 7 heteroatoms. The van der Waals surface area contributed by atoms with Crippen LogP contribution in [0.1, 0.15) is 10.4 Å². The van der Waals surface area contributed by atoms with Gasteiger partial charge in [-0.2, -0.15) is 0 Å². The molecule has 7 nitrogen and oxygen atoms in total. The van der Waals surface area contributed by atoms with Crippen molar-refractivity contribution in [2.75, 3.05) is 20.8 Å². The average Bonchev–Trinajstić information content (AvgIpc) is 2.61. The van der Waals surface area contributed by atoms with Crippen LogP contribution in [0.3, 0.4) is 0 Å². The molecule has 1 heterocycles. The minimum absolute atomic E-state index is 0.00928. The molecule has 1 atom stereocenters. The number of aromatic nitrogens is 1. The van der Waals surface area contributed by atoms with Crippen molar-refractivity contribution in [2.24, 2.45) is 0 Å². The summed E-state index contributed by atoms with van der Waals surface area (Å²) in [6.45, 7) is 0.106. The van der Waals surface area contributed by atoms with Gasteiger partial charge in [-0.25, -0.2) is 0 Å². The first-order valence-corrected chi connectivity index (χ1v) is 7.39. The number of aliphatic hydroxyl groups is 1. The molecular formula is C17H20N2O5. The number of methoxy groups -OCH3 is 2. The van der Waals surface area contributed by atoms with E-state index < -0.39 is 6.10 Å². The third kappa shape index (κ3) is 4.36. The van der Waals surface area contributed by atoms with Crippen molar-refractivity contribution in [2.45, 2.75) is 12.6 Å². The molecule has 1 amide bonds. The number of ether oxygens (including phenoxy) is 2. The molecule has 0 spiro atoms. The normalized spacial score (nSPS) is 11.6. The van der Waals surface area contributed by atoms with E-state index >= 15 is 0 Å². The van der Waals surface area contributed by atoms with Crippen LogP contribution in [0.25, 0.3) is 0 Å². The molecule has 0 bridgehead atoms. The average molecular weight is 332 g/mol. The van der Waals surface area contributed by atoms with E-state index in [-0.39, 0.29) is 24.6 Å². The maximum absolute atomic E-state index is 12.2. The summed E-state index contributed by atoms with van der Waals surface area (Å²) >= 11 is 0. The molecule has 2 rings (SSSR count). The Hall–Kier alpha value is -2.80. The van der Waals surface area contributed by atoms with Crippen LogP contribution in [0.2, 0.25) is 0 Å². The fourth-order valence-corrected chi connectivity index (χ4v) is 2.19. The molecule has 0 aliphatic heterocycles. The van der Waals surface area contributed by atoms with Crippen LogP contribution in [-0.4, -0.2) is 42.4 Å². The Labute approximate surface area is 139 Å². The molecule has 0 saturated heterocycles. The number of hydrogen-bond donors (Lipinski definition) is 2. The van der Waals surface area contributed by atoms with Gasteiger partial charge in [-0.3, -0.25) is 9.59 Å². The number of benzene rings is 1. The smallest absolute Gasteiger partial charge is 0.255 e. The number of carbonyl (C=O) groups is 1. The van der Waals surface area contributed by atoms with Crippen LogP contribution in [0.5, 0.6) is 11.5 Å². The van der Waals surface area contributed by atoms with E-state index in [2.05, 4.69) is 5.32 Å². The third-order valence-electron chi connectivity index (χ3n) is 3.46. The van der Waals surface area contributed by atoms with Crippen molar-refractivity contribution in [1.29, 1.82) is 0 Å². The summed E-state index contributed by atoms with van der Waals surface area (Å²) in [5.41, 5.74) is 0.127. The van der Waals surface area contributed by atoms with Crippen LogP contribution in [-0.2, 0) is 6.54 Å². The predicted octanol–water partition coefficient (Wildman–Crippen LogP) is 0.656. The molecule has 1 unspecified atom stereocenters. The van der Waals surface area contributed by atoms with E-state index in [4.69, 9.17) is 9.47 Å². The molecule has 0 fully saturated rings. The van der Waals surface area contributed by atoms with Gasteiger partial charge in [0.15, 0.2) is 0 Å². The highest BCUT2D eigenvalue weighted by Gasteiger charge is 2.15. The zero-order valence-electron chi connectivity index (χ0n) is 13.6. The second-order valence-corrected chi connectivity index (χ2v) is 5.12. The quantitative estimate of drug-likeness (QED) is 0.777. The Balaban J connectivity index is 1.98. The maximum Gasteiger partial charge on any atom is 0.255 e. The van der Waals surface area contributed by atoms with E-state index in [0.29, 0.717) is 17.1 Å². The number of rotatable bonds is 7. The fourth-order valence-electron chi connectivity index (χ4n) is 2.19. The molecule has 0 saturated carbocycles. The first-order chi connectivity index (χ1) is 11.5. The van der Waals surface area contributed by atoms with Gasteiger partial charge in [0.2, 0.25) is 0 Å². The lowest BCUT2D eigenvalue weighted by Crippen LogP contribution is -2.36. The van der Waals surface area contributed by atoms with Crippen LogP contribution in [0.4, 0.5) is 0 Å². The van der Waals surface area contributed by atoms with Crippen molar-refractivity contribution < 1.29 is 19.4 Å². The highest BCUT2D eigenvalue weighted by molar-refractivity contribution is 5.97. The zero-order valence-corrected chi connectivity index (χ0v) is 13.6. The molecule has 24 heavy (non-hydrogen) atoms. The summed E-state index contributed by atoms with van der Waals surface area (Å²) in [6.07, 6.45) is 0.693. The van der Waals surface area contributed by atoms with E-state index in [9.17, 15) is 14.7 Å². The summed E-state index contributed by atoms with van der Waals surface area (Å²) in [6, 6.07) is 9.58. The Morgan fingerprint density at radius 1 is 1.25 bits per heavy atom. The Morgan fingerprint density at radius 2 is 2.04 bits per heavy atom. The van der Waals surface area contributed by atoms with Gasteiger partial charge >= 0.3 is 0 Å². The van der Waals surface area contributed by atoms with E-state index in [0.717, 1.165) is 0 Å². The Bertz CT molecular complexity index is 757. The van der Waals surface area contributed by atoms with Crippen LogP contribution in [0, 0.1) is 0 Å². The molecule has 0 aliphatic carbocycles. The number of nitrogens with one attached hydrogen (secondary N) is 1. The molecule has 1 aromatic heterocycles. The van der Waals surface area contributed by atoms with Crippen molar-refractivity contribution in [3.05, 3.63) is 58.5 Å². The highest BCUT2D eigenvalue weighted by atomic mass is 16.5. The second kappa shape index (κ2) is 8.16. The molecule has 2 N–H and O–H groups in total. The second-order valence-electron chi connectivity index (χ2n) is 5.12. The first kappa shape index (κ1) is 17.6. The van der Waals surface area contributed by atoms with Gasteiger partial charge < -0.3 is 24.5 Å². The van der Waals surface area contributed by atoms with E-state index in [1.54, 1.807) is 36.5 Å². The number of pyridine rings is 1. The van der Waals surface area contributed by atoms with E-state index in [1.165, 1.54) is 24.9 Å². The number of carbonyl (C=O) groups excluding carboxylic acids is 1. The SMILES string of the molecule is COc1ccc(C(=O)NCC(O)Cn2ccccc2=O)c(OC)c1. The first-order valence-electron chi connectivity index (χ1n) is 7.39. The summed E-state index contributed by atoms with van der Waals surface area (Å²) in [7, 11) is 2.98. The number of aliphatic hydroxyl groups excluding tert-OH is 1. The molecule has 128 valence electrons. The summed E-state index contributed by atoms with van der Waals surface area (Å²) < 4.78 is 11.6. The van der Waals surface area contributed by atoms with Crippen molar-refractivity contribution in [3.8, 4) is 11.5 Å². The van der Waals surface area contributed by atoms with Gasteiger partial charge in [0, 0.05) is 24.9 Å². The number of hydrogen-bond acceptors (Lipinski definition) is 5. The molecule has 2 aromatic rings. The zero-order chi connectivity index (χ0) is 17.5. The van der Waals surface area contributed by atoms with Gasteiger partial charge in [0.25, 0.3) is 11.5 Å². The fraction of sp³-hybridized carbons (Fsp3) is 0.294. The van der Waals surface area contributed by atoms with Crippen molar-refractivity contribution in [3.63, 3.8) is 0 Å². The minimum Gasteiger partial charge on any atom is -0.497 e. The molecular weight excluding hydrogens is 312 g/mol. The maximum atomic E-state index is 12.2. The van der Waals surface area contributed by atoms with Crippen molar-refractivity contribution in [1.82, 2.24) is 9.88 Å². The van der Waals surface area contributed by atoms with Crippen LogP contribution in [0.15, 0.2) is 47.4 Å². The standard InChI is InChI=1S/C17H20N2O5/c1-23-13-6-7-14(15(9-13)24-2)17(22)18-10-12(20)11-19-8-4-3-5-16(19)21/h3-9,12,20H,10-11H2,1-2H3,(H,18,22). The summed E-state index contributed by atoms with van der Waals surface area (Å²) in [5, 5.41) is 12.6. The topological polar surface area (TPSA) is 89.8 Å². The molecule has 1 aromatic carbocycles. The van der Waals surface area contributed by atoms with Crippen LogP contribution >= 0.6 is 0 Å². The number of amides is 1. The largest absolute Gasteiger partial charge is 0.497 e. The lowest BCUT2D eigenvalue weighted by Gasteiger charge is -2.15. The van der Waals surface area contributed by atoms with Gasteiger partial charge in [-0.1, -0.05) is 6.07 Å². The summed E-state index contributed by atoms with van der Waals surface area (Å²) in [4.78, 5) is 23.8. The van der Waals surface area contributed by atoms with Gasteiger partial charge in [-0.15, -0.1) is 0 Å². The Kier molecular flexibility index (Phi) is 5.97. The van der Waals surface area contributed by atoms with Crippen LogP contribution < -0.4 is 20.3 Å². The van der Waals surface area contributed by atoms with E-state index in [1.807, 2.05) is 0 Å². The van der Waals surface area contributed by atoms with Gasteiger partial charge in [0.05, 0.1) is 32.4 Å². The van der Waals surface area contributed by atoms with Gasteiger partial charge in [0.1, 0.15) is 11.5 Å². The lowest BCUT2D eigenvalue weighted by atomic mass is 10.1. The summed E-state index contributed by atoms with van der Waals surface area (Å²) in [5.74, 6) is 0.571.